The lowest BCUT2D eigenvalue weighted by Gasteiger charge is -2.37. The molecule has 0 amide bonds. The van der Waals surface area contributed by atoms with Crippen molar-refractivity contribution in [1.82, 2.24) is 14.5 Å². The highest BCUT2D eigenvalue weighted by molar-refractivity contribution is 5.96. The van der Waals surface area contributed by atoms with Gasteiger partial charge in [0.1, 0.15) is 5.54 Å². The summed E-state index contributed by atoms with van der Waals surface area (Å²) in [5, 5.41) is 0. The molecule has 0 N–H and O–H groups in total. The fourth-order valence-electron chi connectivity index (χ4n) is 6.11. The molecule has 5 heteroatoms. The lowest BCUT2D eigenvalue weighted by Crippen LogP contribution is -2.36. The Bertz CT molecular complexity index is 1540. The molecular weight excluding hydrogens is 509 g/mol. The summed E-state index contributed by atoms with van der Waals surface area (Å²) >= 11 is 0. The van der Waals surface area contributed by atoms with E-state index in [-0.39, 0.29) is 11.7 Å². The van der Waals surface area contributed by atoms with Crippen LogP contribution in [0.2, 0.25) is 0 Å². The number of hydrogen-bond donors (Lipinski definition) is 0. The van der Waals surface area contributed by atoms with E-state index in [1.165, 1.54) is 12.5 Å². The number of benzene rings is 3. The van der Waals surface area contributed by atoms with Crippen molar-refractivity contribution in [3.63, 3.8) is 0 Å². The zero-order chi connectivity index (χ0) is 28.1. The molecule has 0 radical (unpaired) electrons. The number of allylic oxidation sites excluding steroid dienone is 1. The van der Waals surface area contributed by atoms with E-state index in [0.717, 1.165) is 42.4 Å². The van der Waals surface area contributed by atoms with Crippen molar-refractivity contribution in [1.29, 1.82) is 0 Å². The molecule has 0 unspecified atom stereocenters. The standard InChI is InChI=1S/C36H32FN3O/c37-35-24-21-31(32(39-35)22-23-34(41)27-13-5-1-6-14-27)33-25-40(26-38-33)36(28-15-7-2-8-16-28,29-17-9-3-10-18-29)30-19-11-4-12-20-30/h2-4,7-12,15-27H,1,5-6,13-14H2. The number of carbonyl (C=O) groups excluding carboxylic acids is 1. The minimum Gasteiger partial charge on any atom is -0.318 e. The Morgan fingerprint density at radius 1 is 0.780 bits per heavy atom. The molecule has 3 aromatic carbocycles. The van der Waals surface area contributed by atoms with Crippen LogP contribution in [0.1, 0.15) is 54.5 Å². The van der Waals surface area contributed by atoms with Gasteiger partial charge in [-0.2, -0.15) is 4.39 Å². The van der Waals surface area contributed by atoms with Gasteiger partial charge in [0.25, 0.3) is 0 Å². The van der Waals surface area contributed by atoms with Crippen molar-refractivity contribution in [2.24, 2.45) is 5.92 Å². The summed E-state index contributed by atoms with van der Waals surface area (Å²) in [6, 6.07) is 34.1. The number of hydrogen-bond acceptors (Lipinski definition) is 3. The van der Waals surface area contributed by atoms with Crippen molar-refractivity contribution in [3.05, 3.63) is 150 Å². The minimum absolute atomic E-state index is 0.0412. The molecule has 6 rings (SSSR count). The minimum atomic E-state index is -0.713. The summed E-state index contributed by atoms with van der Waals surface area (Å²) in [5.74, 6) is -0.465. The van der Waals surface area contributed by atoms with Gasteiger partial charge in [-0.25, -0.2) is 9.97 Å². The van der Waals surface area contributed by atoms with E-state index in [2.05, 4.69) is 45.9 Å². The lowest BCUT2D eigenvalue weighted by molar-refractivity contribution is -0.119. The smallest absolute Gasteiger partial charge is 0.213 e. The van der Waals surface area contributed by atoms with Crippen LogP contribution in [0.15, 0.2) is 122 Å². The van der Waals surface area contributed by atoms with Crippen LogP contribution in [0, 0.1) is 11.9 Å². The molecule has 0 bridgehead atoms. The van der Waals surface area contributed by atoms with Crippen LogP contribution >= 0.6 is 0 Å². The van der Waals surface area contributed by atoms with Crippen molar-refractivity contribution >= 4 is 11.9 Å². The van der Waals surface area contributed by atoms with E-state index in [9.17, 15) is 9.18 Å². The molecule has 2 aromatic heterocycles. The Hall–Kier alpha value is -4.64. The molecule has 0 saturated heterocycles. The summed E-state index contributed by atoms with van der Waals surface area (Å²) in [5.41, 5.74) is 4.24. The molecule has 0 aliphatic heterocycles. The number of halogens is 1. The number of carbonyl (C=O) groups is 1. The first-order valence-corrected chi connectivity index (χ1v) is 14.3. The van der Waals surface area contributed by atoms with Crippen molar-refractivity contribution < 1.29 is 9.18 Å². The molecule has 1 fully saturated rings. The molecule has 1 saturated carbocycles. The maximum absolute atomic E-state index is 14.3. The third-order valence-corrected chi connectivity index (χ3v) is 8.12. The zero-order valence-corrected chi connectivity index (χ0v) is 22.9. The molecule has 204 valence electrons. The van der Waals surface area contributed by atoms with Crippen molar-refractivity contribution in [3.8, 4) is 11.3 Å². The van der Waals surface area contributed by atoms with Crippen LogP contribution < -0.4 is 0 Å². The predicted molar refractivity (Wildman–Crippen MR) is 161 cm³/mol. The van der Waals surface area contributed by atoms with E-state index >= 15 is 0 Å². The third kappa shape index (κ3) is 5.28. The van der Waals surface area contributed by atoms with Gasteiger partial charge in [0.05, 0.1) is 17.7 Å². The van der Waals surface area contributed by atoms with Gasteiger partial charge in [0.15, 0.2) is 5.78 Å². The predicted octanol–water partition coefficient (Wildman–Crippen LogP) is 8.09. The molecule has 4 nitrogen and oxygen atoms in total. The molecule has 1 aliphatic carbocycles. The molecule has 0 spiro atoms. The van der Waals surface area contributed by atoms with E-state index in [4.69, 9.17) is 4.98 Å². The number of aromatic nitrogens is 3. The van der Waals surface area contributed by atoms with Gasteiger partial charge in [-0.1, -0.05) is 110 Å². The topological polar surface area (TPSA) is 47.8 Å². The first kappa shape index (κ1) is 26.6. The monoisotopic (exact) mass is 541 g/mol. The molecule has 5 aromatic rings. The number of ketones is 1. The summed E-state index contributed by atoms with van der Waals surface area (Å²) in [6.07, 6.45) is 12.2. The Balaban J connectivity index is 1.48. The van der Waals surface area contributed by atoms with Gasteiger partial charge < -0.3 is 4.57 Å². The summed E-state index contributed by atoms with van der Waals surface area (Å²) in [4.78, 5) is 21.9. The highest BCUT2D eigenvalue weighted by Gasteiger charge is 2.38. The van der Waals surface area contributed by atoms with E-state index in [1.54, 1.807) is 18.2 Å². The van der Waals surface area contributed by atoms with Gasteiger partial charge in [0.2, 0.25) is 5.95 Å². The average molecular weight is 542 g/mol. The van der Waals surface area contributed by atoms with E-state index in [1.807, 2.05) is 67.1 Å². The second kappa shape index (κ2) is 11.8. The zero-order valence-electron chi connectivity index (χ0n) is 22.9. The Morgan fingerprint density at radius 2 is 1.34 bits per heavy atom. The normalized spacial score (nSPS) is 14.4. The summed E-state index contributed by atoms with van der Waals surface area (Å²) < 4.78 is 16.5. The third-order valence-electron chi connectivity index (χ3n) is 8.12. The van der Waals surface area contributed by atoms with Crippen LogP contribution in [-0.4, -0.2) is 20.3 Å². The largest absolute Gasteiger partial charge is 0.318 e. The number of rotatable bonds is 8. The van der Waals surface area contributed by atoms with Gasteiger partial charge in [-0.15, -0.1) is 0 Å². The van der Waals surface area contributed by atoms with Crippen LogP contribution in [0.4, 0.5) is 4.39 Å². The average Bonchev–Trinajstić information content (AvgIpc) is 3.52. The van der Waals surface area contributed by atoms with Crippen molar-refractivity contribution in [2.45, 2.75) is 37.6 Å². The van der Waals surface area contributed by atoms with Gasteiger partial charge in [0, 0.05) is 17.7 Å². The molecule has 2 heterocycles. The Labute approximate surface area is 240 Å². The van der Waals surface area contributed by atoms with Crippen LogP contribution in [0.25, 0.3) is 17.3 Å². The van der Waals surface area contributed by atoms with E-state index in [0.29, 0.717) is 17.0 Å². The highest BCUT2D eigenvalue weighted by atomic mass is 19.1. The maximum atomic E-state index is 14.3. The summed E-state index contributed by atoms with van der Waals surface area (Å²) in [6.45, 7) is 0. The highest BCUT2D eigenvalue weighted by Crippen LogP contribution is 2.41. The molecule has 0 atom stereocenters. The van der Waals surface area contributed by atoms with E-state index < -0.39 is 11.5 Å². The molecule has 41 heavy (non-hydrogen) atoms. The maximum Gasteiger partial charge on any atom is 0.213 e. The molecular formula is C36H32FN3O. The fraction of sp³-hybridized carbons (Fsp3) is 0.194. The lowest BCUT2D eigenvalue weighted by atomic mass is 9.77. The summed E-state index contributed by atoms with van der Waals surface area (Å²) in [7, 11) is 0. The van der Waals surface area contributed by atoms with Crippen LogP contribution in [0.5, 0.6) is 0 Å². The van der Waals surface area contributed by atoms with Gasteiger partial charge in [-0.3, -0.25) is 4.79 Å². The first-order valence-electron chi connectivity index (χ1n) is 14.3. The van der Waals surface area contributed by atoms with Crippen LogP contribution in [0.3, 0.4) is 0 Å². The Morgan fingerprint density at radius 3 is 1.90 bits per heavy atom. The van der Waals surface area contributed by atoms with Crippen LogP contribution in [-0.2, 0) is 10.3 Å². The second-order valence-electron chi connectivity index (χ2n) is 10.6. The quantitative estimate of drug-likeness (QED) is 0.113. The number of nitrogens with zero attached hydrogens (tertiary/aromatic N) is 3. The Kier molecular flexibility index (Phi) is 7.68. The SMILES string of the molecule is O=C(C=Cc1nc(F)ccc1-c1cn(C(c2ccccc2)(c2ccccc2)c2ccccc2)cn1)C1CCCCC1. The van der Waals surface area contributed by atoms with Gasteiger partial charge >= 0.3 is 0 Å². The van der Waals surface area contributed by atoms with Gasteiger partial charge in [-0.05, 0) is 53.8 Å². The fourth-order valence-corrected chi connectivity index (χ4v) is 6.11. The van der Waals surface area contributed by atoms with Crippen molar-refractivity contribution in [2.75, 3.05) is 0 Å². The number of imidazole rings is 1. The first-order chi connectivity index (χ1) is 20.2. The number of pyridine rings is 1. The second-order valence-corrected chi connectivity index (χ2v) is 10.6. The molecule has 1 aliphatic rings.